The third-order valence-corrected chi connectivity index (χ3v) is 3.67. The predicted molar refractivity (Wildman–Crippen MR) is 71.8 cm³/mol. The Morgan fingerprint density at radius 1 is 1.44 bits per heavy atom. The predicted octanol–water partition coefficient (Wildman–Crippen LogP) is 2.23. The minimum absolute atomic E-state index is 0.617. The van der Waals surface area contributed by atoms with Crippen LogP contribution in [0.4, 0.5) is 4.79 Å². The normalized spacial score (nSPS) is 13.1. The summed E-state index contributed by atoms with van der Waals surface area (Å²) in [4.78, 5) is 11.6. The lowest BCUT2D eigenvalue weighted by atomic mass is 9.98. The Morgan fingerprint density at radius 2 is 2.06 bits per heavy atom. The topological polar surface area (TPSA) is 75.4 Å². The smallest absolute Gasteiger partial charge is 0.405 e. The number of benzene rings is 1. The highest BCUT2D eigenvalue weighted by Crippen LogP contribution is 2.22. The maximum Gasteiger partial charge on any atom is 0.405 e. The molecule has 1 unspecified atom stereocenters. The Kier molecular flexibility index (Phi) is 5.04. The van der Waals surface area contributed by atoms with Gasteiger partial charge in [0, 0.05) is 5.56 Å². The van der Waals surface area contributed by atoms with Gasteiger partial charge in [-0.2, -0.15) is 0 Å². The van der Waals surface area contributed by atoms with Crippen LogP contribution in [0, 0.1) is 0 Å². The van der Waals surface area contributed by atoms with Crippen molar-refractivity contribution in [3.8, 4) is 0 Å². The van der Waals surface area contributed by atoms with Crippen molar-refractivity contribution in [1.82, 2.24) is 0 Å². The Morgan fingerprint density at radius 3 is 2.61 bits per heavy atom. The number of hydrogen-bond acceptors (Lipinski definition) is 3. The Bertz CT molecular complexity index is 418. The van der Waals surface area contributed by atoms with E-state index < -0.39 is 22.9 Å². The number of primary amides is 1. The minimum Gasteiger partial charge on any atom is -0.612 e. The molecule has 0 aliphatic heterocycles. The van der Waals surface area contributed by atoms with E-state index in [1.807, 2.05) is 38.1 Å². The second-order valence-electron chi connectivity index (χ2n) is 4.74. The molecule has 0 aliphatic rings. The van der Waals surface area contributed by atoms with Gasteiger partial charge in [-0.3, -0.25) is 0 Å². The van der Waals surface area contributed by atoms with Crippen LogP contribution < -0.4 is 5.73 Å². The van der Waals surface area contributed by atoms with E-state index in [0.717, 1.165) is 10.5 Å². The maximum atomic E-state index is 11.6. The van der Waals surface area contributed by atoms with E-state index in [1.165, 1.54) is 0 Å². The summed E-state index contributed by atoms with van der Waals surface area (Å²) in [6.07, 6.45) is 2.21. The van der Waals surface area contributed by atoms with E-state index in [9.17, 15) is 9.35 Å². The number of carbonyl (C=O) groups excluding carboxylic acids is 1. The summed E-state index contributed by atoms with van der Waals surface area (Å²) in [7, 11) is 0. The van der Waals surface area contributed by atoms with Crippen LogP contribution in [-0.4, -0.2) is 22.5 Å². The fourth-order valence-corrected chi connectivity index (χ4v) is 2.56. The van der Waals surface area contributed by atoms with Gasteiger partial charge in [-0.15, -0.1) is 0 Å². The molecule has 18 heavy (non-hydrogen) atoms. The average Bonchev–Trinajstić information content (AvgIpc) is 2.25. The first-order chi connectivity index (χ1) is 8.32. The molecule has 4 nitrogen and oxygen atoms in total. The van der Waals surface area contributed by atoms with Gasteiger partial charge in [-0.1, -0.05) is 18.2 Å². The van der Waals surface area contributed by atoms with Crippen molar-refractivity contribution in [2.45, 2.75) is 37.2 Å². The van der Waals surface area contributed by atoms with Crippen molar-refractivity contribution in [2.24, 2.45) is 5.73 Å². The molecule has 2 N–H and O–H groups in total. The van der Waals surface area contributed by atoms with E-state index in [2.05, 4.69) is 0 Å². The molecule has 0 saturated carbocycles. The van der Waals surface area contributed by atoms with Crippen LogP contribution in [0.25, 0.3) is 0 Å². The first-order valence-electron chi connectivity index (χ1n) is 5.71. The highest BCUT2D eigenvalue weighted by molar-refractivity contribution is 7.90. The molecule has 0 saturated heterocycles. The third kappa shape index (κ3) is 4.58. The molecule has 0 fully saturated rings. The molecule has 0 aliphatic carbocycles. The number of aryl methyl sites for hydroxylation is 1. The molecular weight excluding hydrogens is 250 g/mol. The number of ether oxygens (including phenoxy) is 1. The minimum atomic E-state index is -1.01. The summed E-state index contributed by atoms with van der Waals surface area (Å²) in [5.74, 6) is 0. The zero-order valence-corrected chi connectivity index (χ0v) is 11.8. The zero-order valence-electron chi connectivity index (χ0n) is 10.9. The largest absolute Gasteiger partial charge is 0.612 e. The Hall–Kier alpha value is -1.20. The van der Waals surface area contributed by atoms with Gasteiger partial charge in [0.15, 0.2) is 4.90 Å². The fourth-order valence-electron chi connectivity index (χ4n) is 1.75. The second-order valence-corrected chi connectivity index (χ2v) is 6.09. The Labute approximate surface area is 111 Å². The van der Waals surface area contributed by atoms with E-state index in [1.54, 1.807) is 6.26 Å². The lowest BCUT2D eigenvalue weighted by Gasteiger charge is -2.24. The molecule has 1 aromatic rings. The summed E-state index contributed by atoms with van der Waals surface area (Å²) in [5, 5.41) is 0. The summed E-state index contributed by atoms with van der Waals surface area (Å²) < 4.78 is 16.6. The molecule has 1 atom stereocenters. The molecule has 0 aromatic heterocycles. The van der Waals surface area contributed by atoms with Crippen LogP contribution in [0.5, 0.6) is 0 Å². The molecule has 100 valence electrons. The molecule has 1 aromatic carbocycles. The van der Waals surface area contributed by atoms with Gasteiger partial charge in [-0.25, -0.2) is 4.79 Å². The molecule has 5 heteroatoms. The molecular formula is C13H19NO3S. The molecule has 1 rings (SSSR count). The van der Waals surface area contributed by atoms with Gasteiger partial charge in [0.1, 0.15) is 11.9 Å². The van der Waals surface area contributed by atoms with E-state index in [-0.39, 0.29) is 0 Å². The van der Waals surface area contributed by atoms with Crippen LogP contribution in [0.1, 0.15) is 25.8 Å². The van der Waals surface area contributed by atoms with Crippen molar-refractivity contribution < 1.29 is 14.1 Å². The van der Waals surface area contributed by atoms with Crippen LogP contribution in [0.15, 0.2) is 29.2 Å². The third-order valence-electron chi connectivity index (χ3n) is 2.66. The van der Waals surface area contributed by atoms with Crippen LogP contribution in [-0.2, 0) is 22.3 Å². The highest BCUT2D eigenvalue weighted by atomic mass is 32.2. The average molecular weight is 269 g/mol. The first-order valence-corrected chi connectivity index (χ1v) is 7.27. The van der Waals surface area contributed by atoms with Gasteiger partial charge >= 0.3 is 6.09 Å². The summed E-state index contributed by atoms with van der Waals surface area (Å²) in [5.41, 5.74) is 5.41. The maximum absolute atomic E-state index is 11.6. The van der Waals surface area contributed by atoms with Gasteiger partial charge in [-0.05, 0) is 43.9 Å². The summed E-state index contributed by atoms with van der Waals surface area (Å²) in [6, 6.07) is 7.57. The van der Waals surface area contributed by atoms with E-state index >= 15 is 0 Å². The van der Waals surface area contributed by atoms with Crippen LogP contribution >= 0.6 is 0 Å². The molecule has 0 spiro atoms. The number of hydrogen-bond donors (Lipinski definition) is 1. The molecule has 1 amide bonds. The highest BCUT2D eigenvalue weighted by Gasteiger charge is 2.22. The molecule has 0 heterocycles. The van der Waals surface area contributed by atoms with Crippen molar-refractivity contribution >= 4 is 17.3 Å². The van der Waals surface area contributed by atoms with Crippen molar-refractivity contribution in [3.05, 3.63) is 29.8 Å². The summed E-state index contributed by atoms with van der Waals surface area (Å²) in [6.45, 7) is 3.62. The van der Waals surface area contributed by atoms with E-state index in [0.29, 0.717) is 12.8 Å². The van der Waals surface area contributed by atoms with Crippen molar-refractivity contribution in [2.75, 3.05) is 6.26 Å². The quantitative estimate of drug-likeness (QED) is 0.833. The number of nitrogens with two attached hydrogens (primary N) is 1. The van der Waals surface area contributed by atoms with Gasteiger partial charge in [0.2, 0.25) is 0 Å². The number of rotatable bonds is 5. The summed E-state index contributed by atoms with van der Waals surface area (Å²) >= 11 is -1.01. The standard InChI is InChI=1S/C13H19NO3S/c1-13(2,17-12(14)15)9-8-10-6-4-5-7-11(10)18(3)16/h4-7H,8-9H2,1-3H3,(H2,14,15). The van der Waals surface area contributed by atoms with Crippen molar-refractivity contribution in [1.29, 1.82) is 0 Å². The van der Waals surface area contributed by atoms with Crippen molar-refractivity contribution in [3.63, 3.8) is 0 Å². The van der Waals surface area contributed by atoms with Gasteiger partial charge in [0.05, 0.1) is 0 Å². The lowest BCUT2D eigenvalue weighted by molar-refractivity contribution is 0.0393. The number of carbonyl (C=O) groups is 1. The van der Waals surface area contributed by atoms with Gasteiger partial charge < -0.3 is 15.0 Å². The monoisotopic (exact) mass is 269 g/mol. The zero-order chi connectivity index (χ0) is 13.8. The lowest BCUT2D eigenvalue weighted by Crippen LogP contribution is -2.31. The van der Waals surface area contributed by atoms with Crippen LogP contribution in [0.3, 0.4) is 0 Å². The fraction of sp³-hybridized carbons (Fsp3) is 0.462. The second kappa shape index (κ2) is 6.11. The van der Waals surface area contributed by atoms with E-state index in [4.69, 9.17) is 10.5 Å². The molecule has 0 radical (unpaired) electrons. The first kappa shape index (κ1) is 14.9. The van der Waals surface area contributed by atoms with Gasteiger partial charge in [0.25, 0.3) is 0 Å². The number of amides is 1. The molecule has 0 bridgehead atoms. The van der Waals surface area contributed by atoms with Crippen LogP contribution in [0.2, 0.25) is 0 Å². The SMILES string of the molecule is C[S+]([O-])c1ccccc1CCC(C)(C)OC(N)=O. The Balaban J connectivity index is 2.71.